The van der Waals surface area contributed by atoms with E-state index < -0.39 is 10.0 Å². The van der Waals surface area contributed by atoms with Gasteiger partial charge in [0.25, 0.3) is 0 Å². The summed E-state index contributed by atoms with van der Waals surface area (Å²) >= 11 is 0. The van der Waals surface area contributed by atoms with Crippen LogP contribution in [-0.2, 0) is 15.8 Å². The normalized spacial score (nSPS) is 24.0. The number of benzene rings is 2. The van der Waals surface area contributed by atoms with Crippen molar-refractivity contribution in [3.8, 4) is 11.1 Å². The summed E-state index contributed by atoms with van der Waals surface area (Å²) in [7, 11) is -3.44. The molecule has 0 radical (unpaired) electrons. The van der Waals surface area contributed by atoms with E-state index >= 15 is 0 Å². The molecular formula is C26H30N4O3S. The molecule has 1 aromatic heterocycles. The number of fused-ring (bicyclic) bond motifs is 1. The summed E-state index contributed by atoms with van der Waals surface area (Å²) in [6.07, 6.45) is 6.83. The number of sulfonamides is 1. The van der Waals surface area contributed by atoms with Gasteiger partial charge in [-0.05, 0) is 36.1 Å². The third-order valence-electron chi connectivity index (χ3n) is 7.11. The van der Waals surface area contributed by atoms with E-state index in [2.05, 4.69) is 39.1 Å². The van der Waals surface area contributed by atoms with E-state index in [9.17, 15) is 13.5 Å². The topological polar surface area (TPSA) is 86.6 Å². The minimum absolute atomic E-state index is 0.00712. The molecule has 0 aliphatic carbocycles. The van der Waals surface area contributed by atoms with Crippen molar-refractivity contribution < 1.29 is 13.5 Å². The maximum absolute atomic E-state index is 13.3. The lowest BCUT2D eigenvalue weighted by atomic mass is 9.74. The Morgan fingerprint density at radius 1 is 0.912 bits per heavy atom. The zero-order valence-electron chi connectivity index (χ0n) is 19.1. The highest BCUT2D eigenvalue weighted by molar-refractivity contribution is 7.88. The molecule has 8 heteroatoms. The van der Waals surface area contributed by atoms with Crippen molar-refractivity contribution in [2.75, 3.05) is 26.2 Å². The van der Waals surface area contributed by atoms with Crippen LogP contribution in [0.25, 0.3) is 11.1 Å². The standard InChI is InChI=1S/C26H30N4O3S/c31-17-25-26(22-10-8-21(9-11-22)23-14-27-19-28-15-23)24-16-29(12-4-5-13-30(24)25)34(32,33)18-20-6-2-1-3-7-20/h1-3,6-11,14-15,19,24-26,31H,4-5,12-13,16-18H2/t24-,25-,26+/m0/s1. The van der Waals surface area contributed by atoms with Crippen molar-refractivity contribution in [2.24, 2.45) is 0 Å². The van der Waals surface area contributed by atoms with E-state index in [-0.39, 0.29) is 30.4 Å². The van der Waals surface area contributed by atoms with Crippen molar-refractivity contribution in [3.05, 3.63) is 84.4 Å². The van der Waals surface area contributed by atoms with Crippen LogP contribution in [0.5, 0.6) is 0 Å². The van der Waals surface area contributed by atoms with Crippen LogP contribution in [0.3, 0.4) is 0 Å². The van der Waals surface area contributed by atoms with Crippen LogP contribution in [-0.4, -0.2) is 71.0 Å². The van der Waals surface area contributed by atoms with Gasteiger partial charge in [0.2, 0.25) is 10.0 Å². The SMILES string of the molecule is O=S(=O)(Cc1ccccc1)N1CCCCN2[C@@H](CO)[C@H](c3ccc(-c4cncnc4)cc3)[C@@H]2C1. The molecule has 2 saturated heterocycles. The minimum Gasteiger partial charge on any atom is -0.395 e. The van der Waals surface area contributed by atoms with Crippen LogP contribution in [0.15, 0.2) is 73.3 Å². The Labute approximate surface area is 201 Å². The molecule has 2 fully saturated rings. The van der Waals surface area contributed by atoms with Gasteiger partial charge in [-0.15, -0.1) is 0 Å². The summed E-state index contributed by atoms with van der Waals surface area (Å²) in [5.41, 5.74) is 3.92. The maximum atomic E-state index is 13.3. The molecule has 0 spiro atoms. The highest BCUT2D eigenvalue weighted by Gasteiger charge is 2.50. The third-order valence-corrected chi connectivity index (χ3v) is 8.92. The molecule has 0 bridgehead atoms. The average molecular weight is 479 g/mol. The van der Waals surface area contributed by atoms with Gasteiger partial charge in [-0.3, -0.25) is 4.90 Å². The zero-order chi connectivity index (χ0) is 23.5. The largest absolute Gasteiger partial charge is 0.395 e. The first-order chi connectivity index (χ1) is 16.6. The number of hydrogen-bond donors (Lipinski definition) is 1. The molecule has 5 rings (SSSR count). The summed E-state index contributed by atoms with van der Waals surface area (Å²) in [6.45, 7) is 1.94. The lowest BCUT2D eigenvalue weighted by Crippen LogP contribution is -2.67. The van der Waals surface area contributed by atoms with Crippen molar-refractivity contribution in [1.82, 2.24) is 19.2 Å². The van der Waals surface area contributed by atoms with E-state index in [0.29, 0.717) is 13.1 Å². The first-order valence-corrected chi connectivity index (χ1v) is 13.4. The van der Waals surface area contributed by atoms with Crippen LogP contribution in [0.4, 0.5) is 0 Å². The Morgan fingerprint density at radius 3 is 2.32 bits per heavy atom. The van der Waals surface area contributed by atoms with Crippen molar-refractivity contribution in [3.63, 3.8) is 0 Å². The molecule has 2 aliphatic heterocycles. The Morgan fingerprint density at radius 2 is 1.62 bits per heavy atom. The molecule has 0 saturated carbocycles. The van der Waals surface area contributed by atoms with Gasteiger partial charge in [0, 0.05) is 49.0 Å². The van der Waals surface area contributed by atoms with Crippen molar-refractivity contribution >= 4 is 10.0 Å². The average Bonchev–Trinajstić information content (AvgIpc) is 2.84. The Balaban J connectivity index is 1.38. The molecule has 34 heavy (non-hydrogen) atoms. The Kier molecular flexibility index (Phi) is 6.74. The van der Waals surface area contributed by atoms with Crippen LogP contribution >= 0.6 is 0 Å². The molecule has 0 amide bonds. The Hall–Kier alpha value is -2.65. The fourth-order valence-electron chi connectivity index (χ4n) is 5.38. The molecule has 0 unspecified atom stereocenters. The van der Waals surface area contributed by atoms with Gasteiger partial charge in [0.05, 0.1) is 12.4 Å². The molecule has 2 aromatic carbocycles. The van der Waals surface area contributed by atoms with E-state index in [0.717, 1.165) is 41.6 Å². The van der Waals surface area contributed by atoms with Crippen molar-refractivity contribution in [2.45, 2.75) is 36.6 Å². The second-order valence-electron chi connectivity index (χ2n) is 9.14. The van der Waals surface area contributed by atoms with Crippen molar-refractivity contribution in [1.29, 1.82) is 0 Å². The predicted octanol–water partition coefficient (Wildman–Crippen LogP) is 2.90. The number of hydrogen-bond acceptors (Lipinski definition) is 6. The van der Waals surface area contributed by atoms with Gasteiger partial charge in [-0.25, -0.2) is 22.7 Å². The summed E-state index contributed by atoms with van der Waals surface area (Å²) in [5, 5.41) is 10.2. The summed E-state index contributed by atoms with van der Waals surface area (Å²) in [6, 6.07) is 17.7. The molecule has 2 aliphatic rings. The summed E-state index contributed by atoms with van der Waals surface area (Å²) in [5.74, 6) is 0.0984. The van der Waals surface area contributed by atoms with E-state index in [1.807, 2.05) is 30.3 Å². The highest BCUT2D eigenvalue weighted by Crippen LogP contribution is 2.42. The second-order valence-corrected chi connectivity index (χ2v) is 11.1. The third kappa shape index (κ3) is 4.63. The quantitative estimate of drug-likeness (QED) is 0.586. The van der Waals surface area contributed by atoms with Crippen LogP contribution in [0.2, 0.25) is 0 Å². The van der Waals surface area contributed by atoms with E-state index in [4.69, 9.17) is 0 Å². The van der Waals surface area contributed by atoms with E-state index in [1.165, 1.54) is 6.33 Å². The van der Waals surface area contributed by atoms with Crippen LogP contribution in [0.1, 0.15) is 29.9 Å². The van der Waals surface area contributed by atoms with Gasteiger partial charge in [0.15, 0.2) is 0 Å². The lowest BCUT2D eigenvalue weighted by Gasteiger charge is -2.57. The lowest BCUT2D eigenvalue weighted by molar-refractivity contribution is -0.0554. The van der Waals surface area contributed by atoms with Gasteiger partial charge >= 0.3 is 0 Å². The summed E-state index contributed by atoms with van der Waals surface area (Å²) in [4.78, 5) is 10.5. The minimum atomic E-state index is -3.44. The van der Waals surface area contributed by atoms with Gasteiger partial charge in [-0.2, -0.15) is 0 Å². The molecular weight excluding hydrogens is 448 g/mol. The number of aliphatic hydroxyl groups is 1. The number of aliphatic hydroxyl groups excluding tert-OH is 1. The molecule has 178 valence electrons. The maximum Gasteiger partial charge on any atom is 0.218 e. The molecule has 3 atom stereocenters. The smallest absolute Gasteiger partial charge is 0.218 e. The first kappa shape index (κ1) is 23.1. The zero-order valence-corrected chi connectivity index (χ0v) is 19.9. The second kappa shape index (κ2) is 9.92. The number of nitrogens with zero attached hydrogens (tertiary/aromatic N) is 4. The van der Waals surface area contributed by atoms with Gasteiger partial charge in [-0.1, -0.05) is 54.6 Å². The Bertz CT molecular complexity index is 1190. The van der Waals surface area contributed by atoms with Gasteiger partial charge in [0.1, 0.15) is 6.33 Å². The highest BCUT2D eigenvalue weighted by atomic mass is 32.2. The fourth-order valence-corrected chi connectivity index (χ4v) is 6.97. The number of aromatic nitrogens is 2. The fraction of sp³-hybridized carbons (Fsp3) is 0.385. The number of rotatable bonds is 6. The van der Waals surface area contributed by atoms with Crippen LogP contribution in [0, 0.1) is 0 Å². The predicted molar refractivity (Wildman–Crippen MR) is 131 cm³/mol. The van der Waals surface area contributed by atoms with Gasteiger partial charge < -0.3 is 5.11 Å². The van der Waals surface area contributed by atoms with E-state index in [1.54, 1.807) is 16.7 Å². The molecule has 3 aromatic rings. The first-order valence-electron chi connectivity index (χ1n) is 11.8. The molecule has 3 heterocycles. The summed E-state index contributed by atoms with van der Waals surface area (Å²) < 4.78 is 28.4. The monoisotopic (exact) mass is 478 g/mol. The van der Waals surface area contributed by atoms with Crippen LogP contribution < -0.4 is 0 Å². The molecule has 7 nitrogen and oxygen atoms in total. The molecule has 1 N–H and O–H groups in total.